The lowest BCUT2D eigenvalue weighted by atomic mass is 10.0. The second kappa shape index (κ2) is 6.31. The van der Waals surface area contributed by atoms with E-state index in [1.165, 1.54) is 0 Å². The molecule has 3 heterocycles. The molecule has 4 rings (SSSR count). The Bertz CT molecular complexity index is 845. The Kier molecular flexibility index (Phi) is 3.86. The summed E-state index contributed by atoms with van der Waals surface area (Å²) in [6.07, 6.45) is 5.52. The summed E-state index contributed by atoms with van der Waals surface area (Å²) in [7, 11) is 0. The summed E-state index contributed by atoms with van der Waals surface area (Å²) in [6.45, 7) is 1.48. The number of aromatic nitrogens is 3. The molecule has 122 valence electrons. The zero-order valence-corrected chi connectivity index (χ0v) is 13.3. The predicted molar refractivity (Wildman–Crippen MR) is 92.9 cm³/mol. The number of hydrogen-bond acceptors (Lipinski definition) is 4. The van der Waals surface area contributed by atoms with E-state index in [9.17, 15) is 4.79 Å². The first-order valence-corrected chi connectivity index (χ1v) is 8.19. The number of amides is 1. The monoisotopic (exact) mass is 321 g/mol. The fourth-order valence-corrected chi connectivity index (χ4v) is 3.20. The van der Waals surface area contributed by atoms with Crippen molar-refractivity contribution in [2.75, 3.05) is 18.4 Å². The number of piperidine rings is 1. The Morgan fingerprint density at radius 2 is 2.25 bits per heavy atom. The van der Waals surface area contributed by atoms with Gasteiger partial charge in [-0.1, -0.05) is 6.07 Å². The zero-order valence-electron chi connectivity index (χ0n) is 13.3. The number of H-pyrrole nitrogens is 1. The lowest BCUT2D eigenvalue weighted by Crippen LogP contribution is -2.45. The summed E-state index contributed by atoms with van der Waals surface area (Å²) in [6, 6.07) is 11.8. The molecule has 6 heteroatoms. The van der Waals surface area contributed by atoms with E-state index in [-0.39, 0.29) is 11.9 Å². The van der Waals surface area contributed by atoms with Gasteiger partial charge in [0.25, 0.3) is 5.91 Å². The highest BCUT2D eigenvalue weighted by atomic mass is 16.2. The molecular weight excluding hydrogens is 302 g/mol. The standard InChI is InChI=1S/C18H19N5O/c24-18(17-5-1-2-8-19-17)23-9-3-4-15(12-23)21-14-6-7-16-13(10-14)11-20-22-16/h1-2,5-8,10-11,15,21H,3-4,9,12H2,(H,20,22). The number of pyridine rings is 1. The lowest BCUT2D eigenvalue weighted by Gasteiger charge is -2.33. The van der Waals surface area contributed by atoms with Crippen molar-refractivity contribution in [3.63, 3.8) is 0 Å². The lowest BCUT2D eigenvalue weighted by molar-refractivity contribution is 0.0709. The molecule has 1 aromatic carbocycles. The van der Waals surface area contributed by atoms with Crippen LogP contribution in [0.1, 0.15) is 23.3 Å². The molecule has 1 aliphatic rings. The van der Waals surface area contributed by atoms with Gasteiger partial charge in [0.2, 0.25) is 0 Å². The maximum atomic E-state index is 12.6. The summed E-state index contributed by atoms with van der Waals surface area (Å²) in [5, 5.41) is 11.6. The maximum absolute atomic E-state index is 12.6. The molecule has 6 nitrogen and oxygen atoms in total. The number of aromatic amines is 1. The molecule has 0 bridgehead atoms. The third-order valence-electron chi connectivity index (χ3n) is 4.40. The van der Waals surface area contributed by atoms with Crippen LogP contribution in [0.4, 0.5) is 5.69 Å². The molecule has 2 N–H and O–H groups in total. The minimum absolute atomic E-state index is 0.00684. The number of fused-ring (bicyclic) bond motifs is 1. The Labute approximate surface area is 139 Å². The number of carbonyl (C=O) groups excluding carboxylic acids is 1. The van der Waals surface area contributed by atoms with Gasteiger partial charge in [-0.15, -0.1) is 0 Å². The average Bonchev–Trinajstić information content (AvgIpc) is 3.10. The van der Waals surface area contributed by atoms with Gasteiger partial charge in [-0.3, -0.25) is 14.9 Å². The number of hydrogen-bond donors (Lipinski definition) is 2. The van der Waals surface area contributed by atoms with Gasteiger partial charge in [0, 0.05) is 36.4 Å². The molecule has 1 saturated heterocycles. The van der Waals surface area contributed by atoms with Crippen LogP contribution >= 0.6 is 0 Å². The largest absolute Gasteiger partial charge is 0.381 e. The van der Waals surface area contributed by atoms with Crippen LogP contribution < -0.4 is 5.32 Å². The first kappa shape index (κ1) is 14.7. The van der Waals surface area contributed by atoms with Crippen molar-refractivity contribution in [2.24, 2.45) is 0 Å². The number of carbonyl (C=O) groups is 1. The van der Waals surface area contributed by atoms with Gasteiger partial charge in [0.05, 0.1) is 11.7 Å². The molecule has 0 spiro atoms. The number of rotatable bonds is 3. The maximum Gasteiger partial charge on any atom is 0.272 e. The predicted octanol–water partition coefficient (Wildman–Crippen LogP) is 2.67. The van der Waals surface area contributed by atoms with E-state index in [0.29, 0.717) is 12.2 Å². The van der Waals surface area contributed by atoms with Crippen LogP contribution in [0.25, 0.3) is 10.9 Å². The molecule has 1 fully saturated rings. The van der Waals surface area contributed by atoms with Crippen molar-refractivity contribution in [1.82, 2.24) is 20.1 Å². The first-order valence-electron chi connectivity index (χ1n) is 8.19. The molecule has 0 radical (unpaired) electrons. The van der Waals surface area contributed by atoms with Gasteiger partial charge in [-0.25, -0.2) is 0 Å². The molecule has 0 aliphatic carbocycles. The van der Waals surface area contributed by atoms with Crippen LogP contribution in [-0.4, -0.2) is 45.1 Å². The Balaban J connectivity index is 1.45. The highest BCUT2D eigenvalue weighted by molar-refractivity contribution is 5.92. The molecule has 0 saturated carbocycles. The van der Waals surface area contributed by atoms with E-state index in [1.807, 2.05) is 35.4 Å². The highest BCUT2D eigenvalue weighted by Crippen LogP contribution is 2.21. The van der Waals surface area contributed by atoms with Crippen LogP contribution in [0.5, 0.6) is 0 Å². The van der Waals surface area contributed by atoms with E-state index in [2.05, 4.69) is 26.6 Å². The van der Waals surface area contributed by atoms with Crippen LogP contribution in [0.3, 0.4) is 0 Å². The third-order valence-corrected chi connectivity index (χ3v) is 4.40. The molecule has 24 heavy (non-hydrogen) atoms. The van der Waals surface area contributed by atoms with Crippen molar-refractivity contribution in [2.45, 2.75) is 18.9 Å². The van der Waals surface area contributed by atoms with Gasteiger partial charge in [-0.05, 0) is 43.2 Å². The molecule has 1 unspecified atom stereocenters. The van der Waals surface area contributed by atoms with Gasteiger partial charge in [0.1, 0.15) is 5.69 Å². The second-order valence-corrected chi connectivity index (χ2v) is 6.12. The SMILES string of the molecule is O=C(c1ccccn1)N1CCCC(Nc2ccc3[nH]ncc3c2)C1. The first-order chi connectivity index (χ1) is 11.8. The quantitative estimate of drug-likeness (QED) is 0.778. The minimum atomic E-state index is 0.00684. The third kappa shape index (κ3) is 2.95. The summed E-state index contributed by atoms with van der Waals surface area (Å²) >= 11 is 0. The topological polar surface area (TPSA) is 73.9 Å². The Morgan fingerprint density at radius 3 is 3.12 bits per heavy atom. The van der Waals surface area contributed by atoms with Crippen molar-refractivity contribution in [1.29, 1.82) is 0 Å². The fourth-order valence-electron chi connectivity index (χ4n) is 3.20. The van der Waals surface area contributed by atoms with Gasteiger partial charge >= 0.3 is 0 Å². The molecular formula is C18H19N5O. The molecule has 1 atom stereocenters. The Hall–Kier alpha value is -2.89. The van der Waals surface area contributed by atoms with Crippen LogP contribution in [0.15, 0.2) is 48.8 Å². The van der Waals surface area contributed by atoms with E-state index < -0.39 is 0 Å². The van der Waals surface area contributed by atoms with E-state index in [4.69, 9.17) is 0 Å². The highest BCUT2D eigenvalue weighted by Gasteiger charge is 2.25. The number of nitrogens with zero attached hydrogens (tertiary/aromatic N) is 3. The van der Waals surface area contributed by atoms with E-state index in [1.54, 1.807) is 12.3 Å². The molecule has 2 aromatic heterocycles. The molecule has 3 aromatic rings. The van der Waals surface area contributed by atoms with Gasteiger partial charge in [0.15, 0.2) is 0 Å². The summed E-state index contributed by atoms with van der Waals surface area (Å²) in [4.78, 5) is 18.6. The number of likely N-dealkylation sites (tertiary alicyclic amines) is 1. The number of benzene rings is 1. The minimum Gasteiger partial charge on any atom is -0.381 e. The second-order valence-electron chi connectivity index (χ2n) is 6.12. The van der Waals surface area contributed by atoms with Crippen molar-refractivity contribution < 1.29 is 4.79 Å². The summed E-state index contributed by atoms with van der Waals surface area (Å²) < 4.78 is 0. The summed E-state index contributed by atoms with van der Waals surface area (Å²) in [5.41, 5.74) is 2.59. The van der Waals surface area contributed by atoms with Crippen molar-refractivity contribution in [3.05, 3.63) is 54.5 Å². The van der Waals surface area contributed by atoms with E-state index >= 15 is 0 Å². The normalized spacial score (nSPS) is 17.8. The fraction of sp³-hybridized carbons (Fsp3) is 0.278. The van der Waals surface area contributed by atoms with Gasteiger partial charge in [-0.2, -0.15) is 5.10 Å². The van der Waals surface area contributed by atoms with Crippen molar-refractivity contribution in [3.8, 4) is 0 Å². The number of nitrogens with one attached hydrogen (secondary N) is 2. The van der Waals surface area contributed by atoms with Crippen molar-refractivity contribution >= 4 is 22.5 Å². The average molecular weight is 321 g/mol. The molecule has 1 amide bonds. The van der Waals surface area contributed by atoms with E-state index in [0.717, 1.165) is 36.0 Å². The summed E-state index contributed by atoms with van der Waals surface area (Å²) in [5.74, 6) is 0.00684. The zero-order chi connectivity index (χ0) is 16.4. The van der Waals surface area contributed by atoms with Gasteiger partial charge < -0.3 is 10.2 Å². The van der Waals surface area contributed by atoms with Crippen LogP contribution in [-0.2, 0) is 0 Å². The Morgan fingerprint density at radius 1 is 1.29 bits per heavy atom. The number of anilines is 1. The molecule has 1 aliphatic heterocycles. The smallest absolute Gasteiger partial charge is 0.272 e. The van der Waals surface area contributed by atoms with Crippen LogP contribution in [0.2, 0.25) is 0 Å². The van der Waals surface area contributed by atoms with Crippen LogP contribution in [0, 0.1) is 0 Å².